The van der Waals surface area contributed by atoms with Crippen molar-refractivity contribution >= 4 is 29.0 Å². The van der Waals surface area contributed by atoms with Gasteiger partial charge in [0.05, 0.1) is 12.1 Å². The molecule has 5 heteroatoms. The molecule has 0 amide bonds. The zero-order chi connectivity index (χ0) is 13.8. The van der Waals surface area contributed by atoms with Crippen molar-refractivity contribution in [1.29, 1.82) is 0 Å². The topological polar surface area (TPSA) is 46.2 Å². The third kappa shape index (κ3) is 3.77. The number of hydrogen-bond acceptors (Lipinski definition) is 4. The molecule has 0 bridgehead atoms. The maximum Gasteiger partial charge on any atom is 0.213 e. The Labute approximate surface area is 131 Å². The summed E-state index contributed by atoms with van der Waals surface area (Å²) in [6.07, 6.45) is 2.34. The summed E-state index contributed by atoms with van der Waals surface area (Å²) in [5, 5.41) is 8.21. The van der Waals surface area contributed by atoms with Gasteiger partial charge >= 0.3 is 0 Å². The molecular formula is C16H22ClN3O. The Morgan fingerprint density at radius 1 is 1.24 bits per heavy atom. The number of benzene rings is 1. The molecule has 1 aliphatic heterocycles. The summed E-state index contributed by atoms with van der Waals surface area (Å²) in [6, 6.07) is 10.8. The third-order valence-corrected chi connectivity index (χ3v) is 3.70. The van der Waals surface area contributed by atoms with Crippen LogP contribution in [0.2, 0.25) is 0 Å². The maximum absolute atomic E-state index is 5.46. The van der Waals surface area contributed by atoms with Gasteiger partial charge in [-0.3, -0.25) is 0 Å². The normalized spacial score (nSPS) is 15.5. The van der Waals surface area contributed by atoms with E-state index in [-0.39, 0.29) is 12.4 Å². The number of hydrogen-bond donors (Lipinski definition) is 2. The molecule has 2 N–H and O–H groups in total. The molecule has 0 atom stereocenters. The molecule has 0 aliphatic carbocycles. The van der Waals surface area contributed by atoms with Crippen LogP contribution in [0.4, 0.5) is 5.69 Å². The summed E-state index contributed by atoms with van der Waals surface area (Å²) in [6.45, 7) is 4.80. The Bertz CT molecular complexity index is 585. The van der Waals surface area contributed by atoms with Crippen molar-refractivity contribution in [3.8, 4) is 5.88 Å². The van der Waals surface area contributed by atoms with E-state index in [2.05, 4.69) is 33.8 Å². The van der Waals surface area contributed by atoms with E-state index in [0.717, 1.165) is 24.0 Å². The zero-order valence-electron chi connectivity index (χ0n) is 12.3. The van der Waals surface area contributed by atoms with Crippen LogP contribution in [0.3, 0.4) is 0 Å². The van der Waals surface area contributed by atoms with E-state index >= 15 is 0 Å². The van der Waals surface area contributed by atoms with Gasteiger partial charge in [0.25, 0.3) is 0 Å². The third-order valence-electron chi connectivity index (χ3n) is 3.70. The summed E-state index contributed by atoms with van der Waals surface area (Å²) in [4.78, 5) is 4.54. The van der Waals surface area contributed by atoms with Crippen LogP contribution in [-0.4, -0.2) is 30.7 Å². The average molecular weight is 308 g/mol. The molecule has 21 heavy (non-hydrogen) atoms. The fourth-order valence-corrected chi connectivity index (χ4v) is 2.68. The number of halogens is 1. The second kappa shape index (κ2) is 7.48. The van der Waals surface area contributed by atoms with Gasteiger partial charge in [0, 0.05) is 23.2 Å². The Kier molecular flexibility index (Phi) is 5.65. The molecule has 1 aromatic carbocycles. The van der Waals surface area contributed by atoms with Gasteiger partial charge < -0.3 is 15.4 Å². The zero-order valence-corrected chi connectivity index (χ0v) is 13.1. The fraction of sp³-hybridized carbons (Fsp3) is 0.438. The summed E-state index contributed by atoms with van der Waals surface area (Å²) in [5.41, 5.74) is 2.15. The molecule has 114 valence electrons. The van der Waals surface area contributed by atoms with Crippen molar-refractivity contribution in [2.24, 2.45) is 0 Å². The molecule has 0 unspecified atom stereocenters. The van der Waals surface area contributed by atoms with Crippen LogP contribution in [-0.2, 0) is 0 Å². The first kappa shape index (κ1) is 15.9. The molecule has 4 nitrogen and oxygen atoms in total. The van der Waals surface area contributed by atoms with Crippen LogP contribution in [0.25, 0.3) is 10.9 Å². The van der Waals surface area contributed by atoms with E-state index in [0.29, 0.717) is 18.5 Å². The van der Waals surface area contributed by atoms with Crippen LogP contribution >= 0.6 is 12.4 Å². The Balaban J connectivity index is 0.00000161. The van der Waals surface area contributed by atoms with E-state index in [1.807, 2.05) is 19.1 Å². The predicted molar refractivity (Wildman–Crippen MR) is 89.7 cm³/mol. The van der Waals surface area contributed by atoms with E-state index in [4.69, 9.17) is 4.74 Å². The first-order valence-corrected chi connectivity index (χ1v) is 7.36. The predicted octanol–water partition coefficient (Wildman–Crippen LogP) is 3.22. The number of aromatic nitrogens is 1. The Hall–Kier alpha value is -1.52. The van der Waals surface area contributed by atoms with Crippen molar-refractivity contribution in [3.63, 3.8) is 0 Å². The van der Waals surface area contributed by atoms with Crippen molar-refractivity contribution < 1.29 is 4.74 Å². The number of rotatable bonds is 4. The molecule has 1 aromatic heterocycles. The minimum Gasteiger partial charge on any atom is -0.478 e. The highest BCUT2D eigenvalue weighted by Gasteiger charge is 2.13. The number of piperidine rings is 1. The van der Waals surface area contributed by atoms with Crippen LogP contribution in [0.15, 0.2) is 30.3 Å². The summed E-state index contributed by atoms with van der Waals surface area (Å²) in [5.74, 6) is 0.694. The molecule has 0 spiro atoms. The smallest absolute Gasteiger partial charge is 0.213 e. The lowest BCUT2D eigenvalue weighted by molar-refractivity contribution is 0.328. The van der Waals surface area contributed by atoms with Crippen molar-refractivity contribution in [1.82, 2.24) is 10.3 Å². The van der Waals surface area contributed by atoms with Gasteiger partial charge in [-0.1, -0.05) is 6.07 Å². The van der Waals surface area contributed by atoms with Gasteiger partial charge in [-0.2, -0.15) is 0 Å². The minimum absolute atomic E-state index is 0. The first-order valence-electron chi connectivity index (χ1n) is 7.36. The van der Waals surface area contributed by atoms with Crippen molar-refractivity contribution in [2.75, 3.05) is 25.0 Å². The van der Waals surface area contributed by atoms with Crippen molar-refractivity contribution in [3.05, 3.63) is 30.3 Å². The van der Waals surface area contributed by atoms with E-state index in [1.165, 1.54) is 18.5 Å². The highest BCUT2D eigenvalue weighted by atomic mass is 35.5. The molecule has 2 heterocycles. The van der Waals surface area contributed by atoms with Gasteiger partial charge in [0.15, 0.2) is 0 Å². The second-order valence-electron chi connectivity index (χ2n) is 5.12. The number of pyridine rings is 1. The lowest BCUT2D eigenvalue weighted by Gasteiger charge is -2.25. The van der Waals surface area contributed by atoms with E-state index in [9.17, 15) is 0 Å². The molecule has 2 aromatic rings. The van der Waals surface area contributed by atoms with E-state index < -0.39 is 0 Å². The van der Waals surface area contributed by atoms with Crippen molar-refractivity contribution in [2.45, 2.75) is 25.8 Å². The fourth-order valence-electron chi connectivity index (χ4n) is 2.68. The summed E-state index contributed by atoms with van der Waals surface area (Å²) < 4.78 is 5.46. The van der Waals surface area contributed by atoms with Gasteiger partial charge in [-0.05, 0) is 51.1 Å². The lowest BCUT2D eigenvalue weighted by atomic mass is 10.1. The summed E-state index contributed by atoms with van der Waals surface area (Å²) in [7, 11) is 0. The standard InChI is InChI=1S/C16H21N3O.ClH/c1-2-20-16-7-6-13-14(4-3-5-15(13)19-16)18-12-8-10-17-11-9-12;/h3-7,12,17-18H,2,8-11H2,1H3;1H. The largest absolute Gasteiger partial charge is 0.478 e. The first-order chi connectivity index (χ1) is 9.86. The second-order valence-corrected chi connectivity index (χ2v) is 5.12. The molecule has 1 aliphatic rings. The number of fused-ring (bicyclic) bond motifs is 1. The van der Waals surface area contributed by atoms with E-state index in [1.54, 1.807) is 0 Å². The molecule has 3 rings (SSSR count). The number of nitrogens with zero attached hydrogens (tertiary/aromatic N) is 1. The summed E-state index contributed by atoms with van der Waals surface area (Å²) >= 11 is 0. The quantitative estimate of drug-likeness (QED) is 0.910. The lowest BCUT2D eigenvalue weighted by Crippen LogP contribution is -2.35. The monoisotopic (exact) mass is 307 g/mol. The van der Waals surface area contributed by atoms with Gasteiger partial charge in [0.1, 0.15) is 0 Å². The number of nitrogens with one attached hydrogen (secondary N) is 2. The van der Waals surface area contributed by atoms with Crippen LogP contribution in [0.1, 0.15) is 19.8 Å². The van der Waals surface area contributed by atoms with Gasteiger partial charge in [-0.25, -0.2) is 4.98 Å². The van der Waals surface area contributed by atoms with Gasteiger partial charge in [0.2, 0.25) is 5.88 Å². The molecule has 1 saturated heterocycles. The molecule has 0 saturated carbocycles. The van der Waals surface area contributed by atoms with Crippen LogP contribution in [0, 0.1) is 0 Å². The Morgan fingerprint density at radius 2 is 2.05 bits per heavy atom. The molecular weight excluding hydrogens is 286 g/mol. The molecule has 1 fully saturated rings. The van der Waals surface area contributed by atoms with Gasteiger partial charge in [-0.15, -0.1) is 12.4 Å². The number of anilines is 1. The molecule has 0 radical (unpaired) electrons. The average Bonchev–Trinajstić information content (AvgIpc) is 2.49. The Morgan fingerprint density at radius 3 is 2.81 bits per heavy atom. The number of ether oxygens (including phenoxy) is 1. The maximum atomic E-state index is 5.46. The highest BCUT2D eigenvalue weighted by Crippen LogP contribution is 2.26. The highest BCUT2D eigenvalue weighted by molar-refractivity contribution is 5.91. The minimum atomic E-state index is 0. The SMILES string of the molecule is CCOc1ccc2c(NC3CCNCC3)cccc2n1.Cl. The van der Waals surface area contributed by atoms with Crippen LogP contribution in [0.5, 0.6) is 5.88 Å². The van der Waals surface area contributed by atoms with Crippen LogP contribution < -0.4 is 15.4 Å².